The molecule has 0 radical (unpaired) electrons. The van der Waals surface area contributed by atoms with E-state index in [1.165, 1.54) is 5.39 Å². The number of rotatable bonds is 8. The number of benzene rings is 3. The largest absolute Gasteiger partial charge is 0.489 e. The molecule has 0 heterocycles. The normalized spacial score (nSPS) is 11.4. The Kier molecular flexibility index (Phi) is 6.79. The van der Waals surface area contributed by atoms with Crippen LogP contribution in [0.4, 0.5) is 0 Å². The molecule has 0 aliphatic carbocycles. The van der Waals surface area contributed by atoms with Crippen LogP contribution in [0.2, 0.25) is 0 Å². The lowest BCUT2D eigenvalue weighted by molar-refractivity contribution is 0.0954. The molecule has 0 saturated heterocycles. The molecule has 0 aliphatic rings. The van der Waals surface area contributed by atoms with Crippen LogP contribution in [0.1, 0.15) is 49.0 Å². The predicted molar refractivity (Wildman–Crippen MR) is 115 cm³/mol. The molecule has 0 aliphatic heterocycles. The second-order valence-electron chi connectivity index (χ2n) is 6.89. The highest BCUT2D eigenvalue weighted by atomic mass is 16.5. The summed E-state index contributed by atoms with van der Waals surface area (Å²) in [5, 5.41) is 6.50. The minimum atomic E-state index is -0.196. The van der Waals surface area contributed by atoms with Gasteiger partial charge in [0.05, 0.1) is 0 Å². The van der Waals surface area contributed by atoms with Crippen LogP contribution in [-0.4, -0.2) is 11.6 Å². The Bertz CT molecular complexity index is 962. The molecule has 144 valence electrons. The van der Waals surface area contributed by atoms with Crippen molar-refractivity contribution in [3.63, 3.8) is 0 Å². The highest BCUT2D eigenvalue weighted by Crippen LogP contribution is 2.21. The van der Waals surface area contributed by atoms with E-state index in [9.17, 15) is 4.79 Å². The van der Waals surface area contributed by atoms with Crippen molar-refractivity contribution in [2.75, 3.05) is 0 Å². The molecule has 3 rings (SSSR count). The van der Waals surface area contributed by atoms with E-state index in [1.54, 1.807) is 12.1 Å². The SMILES string of the molecule is CCCC/C(C)=N/NC(=O)c1ccc(COc2ccc3ccccc3c2)cc1. The molecule has 0 unspecified atom stereocenters. The van der Waals surface area contributed by atoms with Crippen LogP contribution in [0.15, 0.2) is 71.8 Å². The van der Waals surface area contributed by atoms with E-state index in [0.29, 0.717) is 12.2 Å². The van der Waals surface area contributed by atoms with E-state index < -0.39 is 0 Å². The van der Waals surface area contributed by atoms with E-state index in [4.69, 9.17) is 4.74 Å². The molecule has 0 saturated carbocycles. The fourth-order valence-electron chi connectivity index (χ4n) is 2.88. The van der Waals surface area contributed by atoms with Gasteiger partial charge in [0.2, 0.25) is 0 Å². The molecule has 1 amide bonds. The monoisotopic (exact) mass is 374 g/mol. The summed E-state index contributed by atoms with van der Waals surface area (Å²) in [6, 6.07) is 21.7. The first-order chi connectivity index (χ1) is 13.7. The maximum Gasteiger partial charge on any atom is 0.271 e. The van der Waals surface area contributed by atoms with Crippen molar-refractivity contribution in [3.05, 3.63) is 77.9 Å². The molecular weight excluding hydrogens is 348 g/mol. The number of unbranched alkanes of at least 4 members (excludes halogenated alkanes) is 1. The van der Waals surface area contributed by atoms with Gasteiger partial charge in [0.1, 0.15) is 12.4 Å². The first-order valence-electron chi connectivity index (χ1n) is 9.70. The highest BCUT2D eigenvalue weighted by molar-refractivity contribution is 5.95. The van der Waals surface area contributed by atoms with Gasteiger partial charge < -0.3 is 4.74 Å². The fraction of sp³-hybridized carbons (Fsp3) is 0.250. The number of nitrogens with one attached hydrogen (secondary N) is 1. The number of carbonyl (C=O) groups excluding carboxylic acids is 1. The van der Waals surface area contributed by atoms with Gasteiger partial charge in [-0.2, -0.15) is 5.10 Å². The van der Waals surface area contributed by atoms with E-state index in [2.05, 4.69) is 35.7 Å². The third-order valence-corrected chi connectivity index (χ3v) is 4.58. The molecule has 28 heavy (non-hydrogen) atoms. The first-order valence-corrected chi connectivity index (χ1v) is 9.70. The van der Waals surface area contributed by atoms with E-state index in [-0.39, 0.29) is 5.91 Å². The van der Waals surface area contributed by atoms with Gasteiger partial charge in [-0.1, -0.05) is 55.8 Å². The van der Waals surface area contributed by atoms with Crippen LogP contribution >= 0.6 is 0 Å². The topological polar surface area (TPSA) is 50.7 Å². The maximum atomic E-state index is 12.2. The summed E-state index contributed by atoms with van der Waals surface area (Å²) in [7, 11) is 0. The zero-order valence-electron chi connectivity index (χ0n) is 16.4. The van der Waals surface area contributed by atoms with Crippen LogP contribution in [0, 0.1) is 0 Å². The Morgan fingerprint density at radius 2 is 1.75 bits per heavy atom. The molecule has 0 atom stereocenters. The zero-order valence-corrected chi connectivity index (χ0v) is 16.4. The van der Waals surface area contributed by atoms with Crippen molar-refractivity contribution >= 4 is 22.4 Å². The summed E-state index contributed by atoms with van der Waals surface area (Å²) in [5.74, 6) is 0.634. The number of hydrogen-bond donors (Lipinski definition) is 1. The Morgan fingerprint density at radius 1 is 1.00 bits per heavy atom. The van der Waals surface area contributed by atoms with Crippen LogP contribution in [0.3, 0.4) is 0 Å². The minimum absolute atomic E-state index is 0.196. The lowest BCUT2D eigenvalue weighted by Crippen LogP contribution is -2.19. The molecule has 0 fully saturated rings. The summed E-state index contributed by atoms with van der Waals surface area (Å²) in [4.78, 5) is 12.2. The van der Waals surface area contributed by atoms with Gasteiger partial charge in [0, 0.05) is 11.3 Å². The van der Waals surface area contributed by atoms with Gasteiger partial charge in [-0.05, 0) is 60.4 Å². The van der Waals surface area contributed by atoms with E-state index in [0.717, 1.165) is 41.7 Å². The lowest BCUT2D eigenvalue weighted by Gasteiger charge is -2.08. The van der Waals surface area contributed by atoms with Crippen molar-refractivity contribution < 1.29 is 9.53 Å². The number of carbonyl (C=O) groups is 1. The number of ether oxygens (including phenoxy) is 1. The molecule has 4 heteroatoms. The summed E-state index contributed by atoms with van der Waals surface area (Å²) in [6.07, 6.45) is 3.10. The summed E-state index contributed by atoms with van der Waals surface area (Å²) in [6.45, 7) is 4.52. The summed E-state index contributed by atoms with van der Waals surface area (Å²) < 4.78 is 5.89. The first kappa shape index (κ1) is 19.6. The Labute approximate surface area is 166 Å². The van der Waals surface area contributed by atoms with E-state index in [1.807, 2.05) is 43.3 Å². The van der Waals surface area contributed by atoms with Gasteiger partial charge in [0.25, 0.3) is 5.91 Å². The number of hydrogen-bond acceptors (Lipinski definition) is 3. The molecular formula is C24H26N2O2. The van der Waals surface area contributed by atoms with Gasteiger partial charge in [0.15, 0.2) is 0 Å². The standard InChI is InChI=1S/C24H26N2O2/c1-3-4-7-18(2)25-26-24(27)21-12-10-19(11-13-21)17-28-23-15-14-20-8-5-6-9-22(20)16-23/h5-6,8-16H,3-4,7,17H2,1-2H3,(H,26,27)/b25-18+. The van der Waals surface area contributed by atoms with Crippen LogP contribution in [0.5, 0.6) is 5.75 Å². The predicted octanol–water partition coefficient (Wildman–Crippen LogP) is 5.71. The quantitative estimate of drug-likeness (QED) is 0.405. The van der Waals surface area contributed by atoms with Gasteiger partial charge in [-0.3, -0.25) is 4.79 Å². The van der Waals surface area contributed by atoms with Crippen LogP contribution < -0.4 is 10.2 Å². The van der Waals surface area contributed by atoms with Crippen molar-refractivity contribution in [2.45, 2.75) is 39.7 Å². The van der Waals surface area contributed by atoms with Gasteiger partial charge in [-0.15, -0.1) is 0 Å². The van der Waals surface area contributed by atoms with Crippen LogP contribution in [0.25, 0.3) is 10.8 Å². The number of amides is 1. The van der Waals surface area contributed by atoms with Crippen LogP contribution in [-0.2, 0) is 6.61 Å². The Hall–Kier alpha value is -3.14. The second kappa shape index (κ2) is 9.70. The summed E-state index contributed by atoms with van der Waals surface area (Å²) >= 11 is 0. The highest BCUT2D eigenvalue weighted by Gasteiger charge is 2.05. The molecule has 0 aromatic heterocycles. The smallest absolute Gasteiger partial charge is 0.271 e. The van der Waals surface area contributed by atoms with Crippen molar-refractivity contribution in [1.82, 2.24) is 5.43 Å². The maximum absolute atomic E-state index is 12.2. The van der Waals surface area contributed by atoms with Crippen molar-refractivity contribution in [2.24, 2.45) is 5.10 Å². The van der Waals surface area contributed by atoms with Crippen molar-refractivity contribution in [1.29, 1.82) is 0 Å². The minimum Gasteiger partial charge on any atom is -0.489 e. The molecule has 3 aromatic rings. The molecule has 4 nitrogen and oxygen atoms in total. The average molecular weight is 374 g/mol. The van der Waals surface area contributed by atoms with E-state index >= 15 is 0 Å². The third-order valence-electron chi connectivity index (χ3n) is 4.58. The Balaban J connectivity index is 1.55. The lowest BCUT2D eigenvalue weighted by atomic mass is 10.1. The average Bonchev–Trinajstić information content (AvgIpc) is 2.74. The third kappa shape index (κ3) is 5.43. The molecule has 0 bridgehead atoms. The van der Waals surface area contributed by atoms with Gasteiger partial charge in [-0.25, -0.2) is 5.43 Å². The molecule has 3 aromatic carbocycles. The second-order valence-corrected chi connectivity index (χ2v) is 6.89. The van der Waals surface area contributed by atoms with Crippen molar-refractivity contribution in [3.8, 4) is 5.75 Å². The number of nitrogens with zero attached hydrogens (tertiary/aromatic N) is 1. The number of hydrazone groups is 1. The Morgan fingerprint density at radius 3 is 2.50 bits per heavy atom. The molecule has 0 spiro atoms. The molecule has 1 N–H and O–H groups in total. The fourth-order valence-corrected chi connectivity index (χ4v) is 2.88. The summed E-state index contributed by atoms with van der Waals surface area (Å²) in [5.41, 5.74) is 5.15. The van der Waals surface area contributed by atoms with Gasteiger partial charge >= 0.3 is 0 Å². The number of fused-ring (bicyclic) bond motifs is 1. The zero-order chi connectivity index (χ0) is 19.8.